The Kier molecular flexibility index (Phi) is 7.09. The van der Waals surface area contributed by atoms with Crippen LogP contribution in [-0.2, 0) is 9.47 Å². The predicted molar refractivity (Wildman–Crippen MR) is 81.6 cm³/mol. The second-order valence-corrected chi connectivity index (χ2v) is 6.57. The number of nitrogens with zero attached hydrogens (tertiary/aromatic N) is 3. The normalized spacial score (nSPS) is 29.1. The van der Waals surface area contributed by atoms with E-state index in [-0.39, 0.29) is 12.7 Å². The number of rotatable bonds is 6. The molecule has 0 aromatic rings. The molecule has 136 valence electrons. The first-order chi connectivity index (χ1) is 10.8. The summed E-state index contributed by atoms with van der Waals surface area (Å²) in [5.41, 5.74) is 0. The SMILES string of the molecule is CC1CN(CC2CN(C)CCO2)CCN1CCOCC(F)(F)F. The highest BCUT2D eigenvalue weighted by molar-refractivity contribution is 4.82. The lowest BCUT2D eigenvalue weighted by molar-refractivity contribution is -0.175. The van der Waals surface area contributed by atoms with E-state index in [0.29, 0.717) is 12.6 Å². The third-order valence-corrected chi connectivity index (χ3v) is 4.44. The number of hydrogen-bond donors (Lipinski definition) is 0. The van der Waals surface area contributed by atoms with Crippen molar-refractivity contribution in [3.63, 3.8) is 0 Å². The van der Waals surface area contributed by atoms with Gasteiger partial charge in [0, 0.05) is 51.9 Å². The van der Waals surface area contributed by atoms with Crippen LogP contribution in [0.4, 0.5) is 13.2 Å². The van der Waals surface area contributed by atoms with Gasteiger partial charge in [0.1, 0.15) is 6.61 Å². The van der Waals surface area contributed by atoms with Crippen molar-refractivity contribution >= 4 is 0 Å². The molecule has 5 nitrogen and oxygen atoms in total. The maximum absolute atomic E-state index is 12.0. The van der Waals surface area contributed by atoms with E-state index in [1.54, 1.807) is 0 Å². The van der Waals surface area contributed by atoms with Crippen molar-refractivity contribution in [2.24, 2.45) is 0 Å². The molecular weight excluding hydrogens is 311 g/mol. The molecule has 2 atom stereocenters. The van der Waals surface area contributed by atoms with Crippen molar-refractivity contribution < 1.29 is 22.6 Å². The van der Waals surface area contributed by atoms with Gasteiger partial charge >= 0.3 is 6.18 Å². The lowest BCUT2D eigenvalue weighted by Crippen LogP contribution is -2.55. The zero-order chi connectivity index (χ0) is 16.9. The molecule has 0 amide bonds. The maximum atomic E-state index is 12.0. The summed E-state index contributed by atoms with van der Waals surface area (Å²) in [5.74, 6) is 0. The van der Waals surface area contributed by atoms with Crippen LogP contribution in [0.1, 0.15) is 6.92 Å². The number of halogens is 3. The molecule has 2 saturated heterocycles. The van der Waals surface area contributed by atoms with E-state index < -0.39 is 12.8 Å². The number of likely N-dealkylation sites (N-methyl/N-ethyl adjacent to an activating group) is 1. The molecule has 0 aromatic carbocycles. The highest BCUT2D eigenvalue weighted by atomic mass is 19.4. The second-order valence-electron chi connectivity index (χ2n) is 6.57. The van der Waals surface area contributed by atoms with Gasteiger partial charge in [-0.1, -0.05) is 0 Å². The third kappa shape index (κ3) is 6.93. The predicted octanol–water partition coefficient (Wildman–Crippen LogP) is 0.902. The quantitative estimate of drug-likeness (QED) is 0.671. The summed E-state index contributed by atoms with van der Waals surface area (Å²) >= 11 is 0. The molecule has 0 radical (unpaired) electrons. The van der Waals surface area contributed by atoms with Gasteiger partial charge in [0.25, 0.3) is 0 Å². The summed E-state index contributed by atoms with van der Waals surface area (Å²) in [6.07, 6.45) is -3.99. The van der Waals surface area contributed by atoms with Crippen LogP contribution in [0.5, 0.6) is 0 Å². The highest BCUT2D eigenvalue weighted by Crippen LogP contribution is 2.15. The molecule has 2 unspecified atom stereocenters. The average molecular weight is 339 g/mol. The Bertz CT molecular complexity index is 357. The van der Waals surface area contributed by atoms with Crippen LogP contribution < -0.4 is 0 Å². The summed E-state index contributed by atoms with van der Waals surface area (Å²) in [6, 6.07) is 0.319. The molecule has 23 heavy (non-hydrogen) atoms. The molecule has 0 aromatic heterocycles. The van der Waals surface area contributed by atoms with Crippen LogP contribution in [-0.4, -0.2) is 106 Å². The third-order valence-electron chi connectivity index (χ3n) is 4.44. The number of piperazine rings is 1. The smallest absolute Gasteiger partial charge is 0.374 e. The molecule has 2 fully saturated rings. The van der Waals surface area contributed by atoms with E-state index in [9.17, 15) is 13.2 Å². The molecule has 0 aliphatic carbocycles. The van der Waals surface area contributed by atoms with E-state index in [2.05, 4.69) is 28.7 Å². The Labute approximate surface area is 136 Å². The van der Waals surface area contributed by atoms with Crippen molar-refractivity contribution in [2.75, 3.05) is 72.7 Å². The maximum Gasteiger partial charge on any atom is 0.411 e. The first-order valence-electron chi connectivity index (χ1n) is 8.24. The summed E-state index contributed by atoms with van der Waals surface area (Å²) in [7, 11) is 2.11. The fourth-order valence-corrected chi connectivity index (χ4v) is 3.20. The van der Waals surface area contributed by atoms with Crippen LogP contribution in [0.3, 0.4) is 0 Å². The first kappa shape index (κ1) is 18.9. The standard InChI is InChI=1S/C15H28F3N3O2/c1-13-9-20(11-14-10-19(2)5-8-23-14)3-4-21(13)6-7-22-12-15(16,17)18/h13-14H,3-12H2,1-2H3. The topological polar surface area (TPSA) is 28.2 Å². The highest BCUT2D eigenvalue weighted by Gasteiger charge is 2.29. The van der Waals surface area contributed by atoms with Gasteiger partial charge in [0.2, 0.25) is 0 Å². The first-order valence-corrected chi connectivity index (χ1v) is 8.24. The summed E-state index contributed by atoms with van der Waals surface area (Å²) in [6.45, 7) is 7.99. The Hall–Kier alpha value is -0.410. The lowest BCUT2D eigenvalue weighted by Gasteiger charge is -2.42. The van der Waals surface area contributed by atoms with Crippen LogP contribution in [0.25, 0.3) is 0 Å². The minimum atomic E-state index is -4.24. The molecule has 2 rings (SSSR count). The molecule has 0 saturated carbocycles. The van der Waals surface area contributed by atoms with Crippen molar-refractivity contribution in [3.05, 3.63) is 0 Å². The molecule has 0 bridgehead atoms. The minimum absolute atomic E-state index is 0.125. The van der Waals surface area contributed by atoms with Crippen molar-refractivity contribution in [1.82, 2.24) is 14.7 Å². The fourth-order valence-electron chi connectivity index (χ4n) is 3.20. The van der Waals surface area contributed by atoms with E-state index in [1.165, 1.54) is 0 Å². The minimum Gasteiger partial charge on any atom is -0.374 e. The largest absolute Gasteiger partial charge is 0.411 e. The van der Waals surface area contributed by atoms with E-state index in [1.807, 2.05) is 0 Å². The van der Waals surface area contributed by atoms with Gasteiger partial charge < -0.3 is 14.4 Å². The van der Waals surface area contributed by atoms with Crippen LogP contribution in [0.15, 0.2) is 0 Å². The van der Waals surface area contributed by atoms with Crippen LogP contribution in [0.2, 0.25) is 0 Å². The summed E-state index contributed by atoms with van der Waals surface area (Å²) in [4.78, 5) is 6.87. The van der Waals surface area contributed by atoms with Crippen molar-refractivity contribution in [1.29, 1.82) is 0 Å². The van der Waals surface area contributed by atoms with E-state index in [4.69, 9.17) is 9.47 Å². The van der Waals surface area contributed by atoms with Gasteiger partial charge in [-0.2, -0.15) is 13.2 Å². The molecule has 2 aliphatic heterocycles. The molecule has 8 heteroatoms. The Morgan fingerprint density at radius 3 is 2.61 bits per heavy atom. The second kappa shape index (κ2) is 8.62. The Morgan fingerprint density at radius 2 is 1.96 bits per heavy atom. The Balaban J connectivity index is 1.64. The summed E-state index contributed by atoms with van der Waals surface area (Å²) in [5, 5.41) is 0. The number of ether oxygens (including phenoxy) is 2. The number of morpholine rings is 1. The zero-order valence-corrected chi connectivity index (χ0v) is 14.0. The fraction of sp³-hybridized carbons (Fsp3) is 1.00. The van der Waals surface area contributed by atoms with Crippen LogP contribution in [0, 0.1) is 0 Å². The van der Waals surface area contributed by atoms with Gasteiger partial charge in [0.15, 0.2) is 0 Å². The Morgan fingerprint density at radius 1 is 1.17 bits per heavy atom. The van der Waals surface area contributed by atoms with Gasteiger partial charge in [0.05, 0.1) is 19.3 Å². The molecule has 2 heterocycles. The van der Waals surface area contributed by atoms with E-state index in [0.717, 1.165) is 45.9 Å². The van der Waals surface area contributed by atoms with Crippen molar-refractivity contribution in [2.45, 2.75) is 25.2 Å². The van der Waals surface area contributed by atoms with Gasteiger partial charge in [-0.05, 0) is 14.0 Å². The van der Waals surface area contributed by atoms with Crippen molar-refractivity contribution in [3.8, 4) is 0 Å². The van der Waals surface area contributed by atoms with Gasteiger partial charge in [-0.15, -0.1) is 0 Å². The molecule has 0 N–H and O–H groups in total. The average Bonchev–Trinajstić information content (AvgIpc) is 2.44. The molecule has 0 spiro atoms. The monoisotopic (exact) mass is 339 g/mol. The zero-order valence-electron chi connectivity index (χ0n) is 14.0. The molecule has 2 aliphatic rings. The lowest BCUT2D eigenvalue weighted by atomic mass is 10.1. The summed E-state index contributed by atoms with van der Waals surface area (Å²) < 4.78 is 46.6. The molecular formula is C15H28F3N3O2. The van der Waals surface area contributed by atoms with Gasteiger partial charge in [-0.3, -0.25) is 9.80 Å². The van der Waals surface area contributed by atoms with Gasteiger partial charge in [-0.25, -0.2) is 0 Å². The van der Waals surface area contributed by atoms with Crippen LogP contribution >= 0.6 is 0 Å². The number of hydrogen-bond acceptors (Lipinski definition) is 5. The number of alkyl halides is 3. The van der Waals surface area contributed by atoms with E-state index >= 15 is 0 Å².